The Morgan fingerprint density at radius 1 is 0.931 bits per heavy atom. The average molecular weight is 408 g/mol. The van der Waals surface area contributed by atoms with Gasteiger partial charge in [-0.3, -0.25) is 15.1 Å². The van der Waals surface area contributed by atoms with Gasteiger partial charge in [0.1, 0.15) is 0 Å². The maximum atomic E-state index is 12.5. The molecule has 0 saturated carbocycles. The number of thiazole rings is 1. The van der Waals surface area contributed by atoms with Crippen molar-refractivity contribution in [1.82, 2.24) is 9.97 Å². The van der Waals surface area contributed by atoms with E-state index in [4.69, 9.17) is 4.98 Å². The zero-order chi connectivity index (χ0) is 21.1. The summed E-state index contributed by atoms with van der Waals surface area (Å²) in [6.45, 7) is 13.4. The van der Waals surface area contributed by atoms with Gasteiger partial charge in [0.2, 0.25) is 0 Å². The summed E-state index contributed by atoms with van der Waals surface area (Å²) in [4.78, 5) is 21.2. The third-order valence-corrected chi connectivity index (χ3v) is 5.81. The van der Waals surface area contributed by atoms with Crippen molar-refractivity contribution in [3.63, 3.8) is 0 Å². The minimum absolute atomic E-state index is 0.170. The molecule has 0 saturated heterocycles. The Balaban J connectivity index is 2.01. The molecule has 29 heavy (non-hydrogen) atoms. The summed E-state index contributed by atoms with van der Waals surface area (Å²) in [7, 11) is 0. The van der Waals surface area contributed by atoms with Crippen molar-refractivity contribution in [3.8, 4) is 11.3 Å². The molecule has 1 amide bonds. The lowest BCUT2D eigenvalue weighted by atomic mass is 9.83. The molecule has 0 aliphatic carbocycles. The molecule has 0 fully saturated rings. The van der Waals surface area contributed by atoms with Crippen LogP contribution < -0.4 is 5.32 Å². The van der Waals surface area contributed by atoms with Gasteiger partial charge in [0, 0.05) is 28.9 Å². The third kappa shape index (κ3) is 4.73. The first-order chi connectivity index (χ1) is 13.8. The molecule has 0 spiro atoms. The molecule has 3 aromatic rings. The highest BCUT2D eigenvalue weighted by molar-refractivity contribution is 7.14. The largest absolute Gasteiger partial charge is 0.298 e. The number of anilines is 1. The molecule has 0 unspecified atom stereocenters. The molecule has 3 rings (SSSR count). The Morgan fingerprint density at radius 2 is 1.52 bits per heavy atom. The highest BCUT2D eigenvalue weighted by Gasteiger charge is 2.21. The molecule has 0 atom stereocenters. The minimum atomic E-state index is -0.170. The highest BCUT2D eigenvalue weighted by atomic mass is 32.1. The van der Waals surface area contributed by atoms with Gasteiger partial charge in [0.15, 0.2) is 5.13 Å². The number of benzene rings is 1. The second kappa shape index (κ2) is 8.87. The first-order valence-corrected chi connectivity index (χ1v) is 11.0. The van der Waals surface area contributed by atoms with E-state index in [2.05, 4.69) is 64.0 Å². The van der Waals surface area contributed by atoms with Crippen LogP contribution in [0.25, 0.3) is 11.3 Å². The van der Waals surface area contributed by atoms with Crippen molar-refractivity contribution in [2.45, 2.75) is 59.3 Å². The van der Waals surface area contributed by atoms with Crippen molar-refractivity contribution in [2.75, 3.05) is 5.32 Å². The molecular weight excluding hydrogens is 378 g/mol. The number of amides is 1. The Labute approximate surface area is 177 Å². The van der Waals surface area contributed by atoms with Gasteiger partial charge in [-0.1, -0.05) is 53.7 Å². The van der Waals surface area contributed by atoms with Crippen LogP contribution in [0, 0.1) is 0 Å². The molecule has 152 valence electrons. The van der Waals surface area contributed by atoms with Crippen LogP contribution in [-0.4, -0.2) is 15.9 Å². The highest BCUT2D eigenvalue weighted by Crippen LogP contribution is 2.39. The number of nitrogens with zero attached hydrogens (tertiary/aromatic N) is 2. The van der Waals surface area contributed by atoms with Crippen molar-refractivity contribution >= 4 is 22.4 Å². The van der Waals surface area contributed by atoms with Crippen LogP contribution in [0.5, 0.6) is 0 Å². The zero-order valence-electron chi connectivity index (χ0n) is 18.0. The molecule has 1 N–H and O–H groups in total. The van der Waals surface area contributed by atoms with Gasteiger partial charge >= 0.3 is 0 Å². The summed E-state index contributed by atoms with van der Waals surface area (Å²) in [6, 6.07) is 8.04. The number of aromatic nitrogens is 2. The molecule has 5 heteroatoms. The van der Waals surface area contributed by atoms with Crippen LogP contribution in [0.1, 0.15) is 86.3 Å². The molecule has 4 nitrogen and oxygen atoms in total. The maximum absolute atomic E-state index is 12.5. The second-order valence-electron chi connectivity index (χ2n) is 8.27. The van der Waals surface area contributed by atoms with Gasteiger partial charge in [-0.25, -0.2) is 4.98 Å². The van der Waals surface area contributed by atoms with E-state index in [-0.39, 0.29) is 5.91 Å². The molecular formula is C24H29N3OS. The van der Waals surface area contributed by atoms with Crippen LogP contribution in [0.3, 0.4) is 0 Å². The van der Waals surface area contributed by atoms with Crippen molar-refractivity contribution in [1.29, 1.82) is 0 Å². The van der Waals surface area contributed by atoms with Crippen LogP contribution in [0.2, 0.25) is 0 Å². The molecule has 1 aromatic carbocycles. The molecule has 2 heterocycles. The van der Waals surface area contributed by atoms with Gasteiger partial charge in [0.05, 0.1) is 5.69 Å². The fourth-order valence-corrected chi connectivity index (χ4v) is 4.07. The molecule has 0 radical (unpaired) electrons. The van der Waals surface area contributed by atoms with E-state index in [9.17, 15) is 4.79 Å². The predicted molar refractivity (Wildman–Crippen MR) is 122 cm³/mol. The lowest BCUT2D eigenvalue weighted by molar-refractivity contribution is 0.102. The Morgan fingerprint density at radius 3 is 2.03 bits per heavy atom. The first-order valence-electron chi connectivity index (χ1n) is 10.1. The quantitative estimate of drug-likeness (QED) is 0.487. The topological polar surface area (TPSA) is 54.9 Å². The third-order valence-electron chi connectivity index (χ3n) is 5.06. The Hall–Kier alpha value is -2.53. The van der Waals surface area contributed by atoms with E-state index in [1.807, 2.05) is 5.38 Å². The molecule has 0 aliphatic rings. The number of rotatable bonds is 6. The smallest absolute Gasteiger partial charge is 0.257 e. The fourth-order valence-electron chi connectivity index (χ4n) is 3.37. The van der Waals surface area contributed by atoms with Gasteiger partial charge in [-0.2, -0.15) is 0 Å². The number of pyridine rings is 1. The van der Waals surface area contributed by atoms with E-state index in [1.165, 1.54) is 33.6 Å². The van der Waals surface area contributed by atoms with Crippen LogP contribution in [-0.2, 0) is 0 Å². The summed E-state index contributed by atoms with van der Waals surface area (Å²) < 4.78 is 0. The number of carbonyl (C=O) groups excluding carboxylic acids is 1. The van der Waals surface area contributed by atoms with Crippen molar-refractivity contribution in [2.24, 2.45) is 0 Å². The predicted octanol–water partition coefficient (Wildman–Crippen LogP) is 6.83. The fraction of sp³-hybridized carbons (Fsp3) is 0.375. The summed E-state index contributed by atoms with van der Waals surface area (Å²) in [5.74, 6) is 1.08. The van der Waals surface area contributed by atoms with Crippen LogP contribution in [0.15, 0.2) is 42.0 Å². The summed E-state index contributed by atoms with van der Waals surface area (Å²) >= 11 is 1.46. The summed E-state index contributed by atoms with van der Waals surface area (Å²) in [5.41, 5.74) is 6.71. The molecule has 0 aliphatic heterocycles. The van der Waals surface area contributed by atoms with Crippen LogP contribution >= 0.6 is 11.3 Å². The van der Waals surface area contributed by atoms with E-state index in [0.29, 0.717) is 28.4 Å². The molecule has 0 bridgehead atoms. The van der Waals surface area contributed by atoms with Gasteiger partial charge in [-0.05, 0) is 46.6 Å². The zero-order valence-corrected chi connectivity index (χ0v) is 18.8. The average Bonchev–Trinajstić information content (AvgIpc) is 3.15. The van der Waals surface area contributed by atoms with E-state index in [1.54, 1.807) is 24.5 Å². The molecule has 2 aromatic heterocycles. The van der Waals surface area contributed by atoms with Crippen molar-refractivity contribution < 1.29 is 4.79 Å². The monoisotopic (exact) mass is 407 g/mol. The summed E-state index contributed by atoms with van der Waals surface area (Å²) in [6.07, 6.45) is 3.23. The minimum Gasteiger partial charge on any atom is -0.298 e. The van der Waals surface area contributed by atoms with Gasteiger partial charge in [0.25, 0.3) is 5.91 Å². The number of hydrogen-bond donors (Lipinski definition) is 1. The number of hydrogen-bond acceptors (Lipinski definition) is 4. The first kappa shape index (κ1) is 21.2. The standard InChI is InChI=1S/C24H29N3OS/c1-14(2)18-11-19(15(3)4)22(20(12-18)16(5)6)21-13-29-24(26-21)27-23(28)17-7-9-25-10-8-17/h7-16H,1-6H3,(H,26,27,28). The van der Waals surface area contributed by atoms with Crippen LogP contribution in [0.4, 0.5) is 5.13 Å². The van der Waals surface area contributed by atoms with E-state index < -0.39 is 0 Å². The number of nitrogens with one attached hydrogen (secondary N) is 1. The number of carbonyl (C=O) groups is 1. The summed E-state index contributed by atoms with van der Waals surface area (Å²) in [5, 5.41) is 5.57. The lowest BCUT2D eigenvalue weighted by Gasteiger charge is -2.22. The Bertz CT molecular complexity index is 961. The Kier molecular flexibility index (Phi) is 6.48. The lowest BCUT2D eigenvalue weighted by Crippen LogP contribution is -2.11. The normalized spacial score (nSPS) is 11.5. The second-order valence-corrected chi connectivity index (χ2v) is 9.12. The van der Waals surface area contributed by atoms with Crippen molar-refractivity contribution in [3.05, 3.63) is 64.3 Å². The van der Waals surface area contributed by atoms with Gasteiger partial charge in [-0.15, -0.1) is 11.3 Å². The maximum Gasteiger partial charge on any atom is 0.257 e. The van der Waals surface area contributed by atoms with E-state index in [0.717, 1.165) is 5.69 Å². The van der Waals surface area contributed by atoms with Gasteiger partial charge < -0.3 is 0 Å². The SMILES string of the molecule is CC(C)c1cc(C(C)C)c(-c2csc(NC(=O)c3ccncc3)n2)c(C(C)C)c1. The van der Waals surface area contributed by atoms with E-state index >= 15 is 0 Å².